The first-order valence-corrected chi connectivity index (χ1v) is 10.5. The summed E-state index contributed by atoms with van der Waals surface area (Å²) in [4.78, 5) is 14.2. The Balaban J connectivity index is 1.69. The lowest BCUT2D eigenvalue weighted by molar-refractivity contribution is 0.0993. The monoisotopic (exact) mass is 372 g/mol. The van der Waals surface area contributed by atoms with E-state index in [2.05, 4.69) is 0 Å². The van der Waals surface area contributed by atoms with Crippen LogP contribution in [0.25, 0.3) is 0 Å². The summed E-state index contributed by atoms with van der Waals surface area (Å²) in [5.41, 5.74) is 2.05. The SMILES string of the molecule is CN(C(=O)c1ccc(CS(=O)(=O)N2CCCCC2)cc1)c1ccccc1. The quantitative estimate of drug-likeness (QED) is 0.809. The molecule has 0 radical (unpaired) electrons. The molecular formula is C20H24N2O3S. The van der Waals surface area contributed by atoms with Gasteiger partial charge in [-0.05, 0) is 42.7 Å². The van der Waals surface area contributed by atoms with Gasteiger partial charge in [-0.2, -0.15) is 0 Å². The first-order valence-electron chi connectivity index (χ1n) is 8.87. The number of benzene rings is 2. The van der Waals surface area contributed by atoms with Crippen molar-refractivity contribution in [1.29, 1.82) is 0 Å². The normalized spacial score (nSPS) is 15.6. The van der Waals surface area contributed by atoms with Crippen LogP contribution in [-0.4, -0.2) is 38.8 Å². The van der Waals surface area contributed by atoms with Gasteiger partial charge in [0.05, 0.1) is 5.75 Å². The molecule has 0 saturated carbocycles. The second kappa shape index (κ2) is 8.01. The Morgan fingerprint density at radius 2 is 1.58 bits per heavy atom. The molecule has 3 rings (SSSR count). The van der Waals surface area contributed by atoms with E-state index in [9.17, 15) is 13.2 Å². The van der Waals surface area contributed by atoms with E-state index in [0.717, 1.165) is 24.9 Å². The van der Waals surface area contributed by atoms with E-state index in [4.69, 9.17) is 0 Å². The number of para-hydroxylation sites is 1. The molecule has 0 N–H and O–H groups in total. The molecule has 6 heteroatoms. The Morgan fingerprint density at radius 3 is 2.19 bits per heavy atom. The summed E-state index contributed by atoms with van der Waals surface area (Å²) in [6.07, 6.45) is 2.95. The van der Waals surface area contributed by atoms with Crippen molar-refractivity contribution >= 4 is 21.6 Å². The van der Waals surface area contributed by atoms with Crippen LogP contribution in [0.2, 0.25) is 0 Å². The minimum absolute atomic E-state index is 0.0179. The Hall–Kier alpha value is -2.18. The van der Waals surface area contributed by atoms with Crippen LogP contribution < -0.4 is 4.90 Å². The van der Waals surface area contributed by atoms with Crippen molar-refractivity contribution in [1.82, 2.24) is 4.31 Å². The van der Waals surface area contributed by atoms with Crippen molar-refractivity contribution in [2.75, 3.05) is 25.0 Å². The van der Waals surface area contributed by atoms with Gasteiger partial charge in [-0.3, -0.25) is 4.79 Å². The maximum absolute atomic E-state index is 12.6. The molecule has 1 fully saturated rings. The lowest BCUT2D eigenvalue weighted by Crippen LogP contribution is -2.36. The number of piperidine rings is 1. The number of amides is 1. The van der Waals surface area contributed by atoms with Crippen LogP contribution in [0.15, 0.2) is 54.6 Å². The highest BCUT2D eigenvalue weighted by molar-refractivity contribution is 7.88. The molecule has 1 amide bonds. The molecule has 0 bridgehead atoms. The van der Waals surface area contributed by atoms with Crippen LogP contribution in [0.3, 0.4) is 0 Å². The average Bonchev–Trinajstić information content (AvgIpc) is 2.68. The largest absolute Gasteiger partial charge is 0.311 e. The van der Waals surface area contributed by atoms with Gasteiger partial charge in [-0.15, -0.1) is 0 Å². The first kappa shape index (κ1) is 18.6. The van der Waals surface area contributed by atoms with Crippen molar-refractivity contribution in [2.24, 2.45) is 0 Å². The zero-order valence-electron chi connectivity index (χ0n) is 15.0. The lowest BCUT2D eigenvalue weighted by Gasteiger charge is -2.25. The van der Waals surface area contributed by atoms with E-state index in [-0.39, 0.29) is 11.7 Å². The van der Waals surface area contributed by atoms with E-state index in [1.807, 2.05) is 30.3 Å². The van der Waals surface area contributed by atoms with Crippen LogP contribution in [0.4, 0.5) is 5.69 Å². The summed E-state index contributed by atoms with van der Waals surface area (Å²) >= 11 is 0. The fourth-order valence-electron chi connectivity index (χ4n) is 3.15. The molecule has 2 aromatic rings. The number of carbonyl (C=O) groups is 1. The molecule has 0 atom stereocenters. The number of nitrogens with zero attached hydrogens (tertiary/aromatic N) is 2. The molecule has 1 saturated heterocycles. The van der Waals surface area contributed by atoms with Gasteiger partial charge in [0, 0.05) is 31.4 Å². The van der Waals surface area contributed by atoms with Crippen LogP contribution in [0.1, 0.15) is 35.2 Å². The predicted octanol–water partition coefficient (Wildman–Crippen LogP) is 3.28. The summed E-state index contributed by atoms with van der Waals surface area (Å²) in [6, 6.07) is 16.3. The summed E-state index contributed by atoms with van der Waals surface area (Å²) in [5.74, 6) is -0.141. The minimum Gasteiger partial charge on any atom is -0.311 e. The average molecular weight is 372 g/mol. The Labute approximate surface area is 155 Å². The number of rotatable bonds is 5. The van der Waals surface area contributed by atoms with Crippen molar-refractivity contribution in [2.45, 2.75) is 25.0 Å². The van der Waals surface area contributed by atoms with E-state index in [1.165, 1.54) is 0 Å². The smallest absolute Gasteiger partial charge is 0.258 e. The highest BCUT2D eigenvalue weighted by Crippen LogP contribution is 2.19. The summed E-state index contributed by atoms with van der Waals surface area (Å²) < 4.78 is 26.6. The molecule has 5 nitrogen and oxygen atoms in total. The summed E-state index contributed by atoms with van der Waals surface area (Å²) in [7, 11) is -1.56. The van der Waals surface area contributed by atoms with Crippen LogP contribution in [0.5, 0.6) is 0 Å². The Morgan fingerprint density at radius 1 is 0.962 bits per heavy atom. The van der Waals surface area contributed by atoms with Gasteiger partial charge in [0.25, 0.3) is 5.91 Å². The second-order valence-electron chi connectivity index (χ2n) is 6.61. The van der Waals surface area contributed by atoms with Gasteiger partial charge in [0.1, 0.15) is 0 Å². The molecule has 1 aliphatic rings. The van der Waals surface area contributed by atoms with Crippen LogP contribution in [-0.2, 0) is 15.8 Å². The maximum Gasteiger partial charge on any atom is 0.258 e. The predicted molar refractivity (Wildman–Crippen MR) is 104 cm³/mol. The zero-order chi connectivity index (χ0) is 18.6. The molecular weight excluding hydrogens is 348 g/mol. The third-order valence-electron chi connectivity index (χ3n) is 4.71. The molecule has 0 aliphatic carbocycles. The van der Waals surface area contributed by atoms with Gasteiger partial charge < -0.3 is 4.90 Å². The minimum atomic E-state index is -3.29. The highest BCUT2D eigenvalue weighted by atomic mass is 32.2. The molecule has 0 aromatic heterocycles. The number of anilines is 1. The van der Waals surface area contributed by atoms with Gasteiger partial charge in [0.15, 0.2) is 0 Å². The molecule has 0 unspecified atom stereocenters. The van der Waals surface area contributed by atoms with Crippen LogP contribution in [0, 0.1) is 0 Å². The maximum atomic E-state index is 12.6. The van der Waals surface area contributed by atoms with Gasteiger partial charge in [0.2, 0.25) is 10.0 Å². The van der Waals surface area contributed by atoms with Crippen LogP contribution >= 0.6 is 0 Å². The molecule has 0 spiro atoms. The van der Waals surface area contributed by atoms with Gasteiger partial charge >= 0.3 is 0 Å². The topological polar surface area (TPSA) is 57.7 Å². The standard InChI is InChI=1S/C20H24N2O3S/c1-21(19-8-4-2-5-9-19)20(23)18-12-10-17(11-13-18)16-26(24,25)22-14-6-3-7-15-22/h2,4-5,8-13H,3,6-7,14-16H2,1H3. The fraction of sp³-hybridized carbons (Fsp3) is 0.350. The molecule has 1 aliphatic heterocycles. The number of hydrogen-bond donors (Lipinski definition) is 0. The Kier molecular flexibility index (Phi) is 5.74. The highest BCUT2D eigenvalue weighted by Gasteiger charge is 2.24. The van der Waals surface area contributed by atoms with E-state index in [1.54, 1.807) is 40.5 Å². The fourth-order valence-corrected chi connectivity index (χ4v) is 4.76. The number of sulfonamides is 1. The van der Waals surface area contributed by atoms with Gasteiger partial charge in [-0.25, -0.2) is 12.7 Å². The first-order chi connectivity index (χ1) is 12.5. The third kappa shape index (κ3) is 4.31. The molecule has 26 heavy (non-hydrogen) atoms. The summed E-state index contributed by atoms with van der Waals surface area (Å²) in [5, 5.41) is 0. The van der Waals surface area contributed by atoms with E-state index < -0.39 is 10.0 Å². The number of hydrogen-bond acceptors (Lipinski definition) is 3. The van der Waals surface area contributed by atoms with Crippen molar-refractivity contribution in [3.8, 4) is 0 Å². The van der Waals surface area contributed by atoms with Crippen molar-refractivity contribution in [3.05, 3.63) is 65.7 Å². The lowest BCUT2D eigenvalue weighted by atomic mass is 10.1. The zero-order valence-corrected chi connectivity index (χ0v) is 15.8. The molecule has 2 aromatic carbocycles. The van der Waals surface area contributed by atoms with Crippen molar-refractivity contribution < 1.29 is 13.2 Å². The van der Waals surface area contributed by atoms with E-state index >= 15 is 0 Å². The molecule has 1 heterocycles. The number of carbonyl (C=O) groups excluding carboxylic acids is 1. The summed E-state index contributed by atoms with van der Waals surface area (Å²) in [6.45, 7) is 1.22. The Bertz CT molecular complexity index is 842. The second-order valence-corrected chi connectivity index (χ2v) is 8.58. The van der Waals surface area contributed by atoms with E-state index in [0.29, 0.717) is 24.2 Å². The van der Waals surface area contributed by atoms with Gasteiger partial charge in [-0.1, -0.05) is 36.8 Å². The van der Waals surface area contributed by atoms with Crippen molar-refractivity contribution in [3.63, 3.8) is 0 Å². The third-order valence-corrected chi connectivity index (χ3v) is 6.56. The molecule has 138 valence electrons.